The van der Waals surface area contributed by atoms with Crippen LogP contribution < -0.4 is 5.32 Å². The molecule has 1 aromatic heterocycles. The van der Waals surface area contributed by atoms with Gasteiger partial charge in [-0.1, -0.05) is 20.8 Å². The van der Waals surface area contributed by atoms with Crippen molar-refractivity contribution in [3.63, 3.8) is 0 Å². The molecule has 0 amide bonds. The summed E-state index contributed by atoms with van der Waals surface area (Å²) in [5.41, 5.74) is 0. The van der Waals surface area contributed by atoms with E-state index in [9.17, 15) is 0 Å². The van der Waals surface area contributed by atoms with Crippen LogP contribution in [0.3, 0.4) is 0 Å². The summed E-state index contributed by atoms with van der Waals surface area (Å²) in [6.45, 7) is 10.4. The van der Waals surface area contributed by atoms with Crippen LogP contribution in [0.5, 0.6) is 0 Å². The second-order valence-electron chi connectivity index (χ2n) is 5.96. The highest BCUT2D eigenvalue weighted by Crippen LogP contribution is 2.24. The predicted octanol–water partition coefficient (Wildman–Crippen LogP) is 4.11. The van der Waals surface area contributed by atoms with Crippen molar-refractivity contribution in [2.75, 3.05) is 13.1 Å². The van der Waals surface area contributed by atoms with E-state index in [0.29, 0.717) is 12.1 Å². The average molecular weight is 345 g/mol. The molecule has 19 heavy (non-hydrogen) atoms. The summed E-state index contributed by atoms with van der Waals surface area (Å²) in [7, 11) is 0. The fourth-order valence-electron chi connectivity index (χ4n) is 2.89. The zero-order valence-electron chi connectivity index (χ0n) is 12.2. The maximum Gasteiger partial charge on any atom is 0.0332 e. The summed E-state index contributed by atoms with van der Waals surface area (Å²) >= 11 is 5.42. The first-order valence-corrected chi connectivity index (χ1v) is 8.96. The summed E-state index contributed by atoms with van der Waals surface area (Å²) in [6.07, 6.45) is 2.51. The standard InChI is InChI=1S/C15H25BrN2S/c1-4-14-7-17-13(5-11(2)3)8-18(14)9-15-6-12(16)10-19-15/h6,10-11,13-14,17H,4-5,7-9H2,1-3H3. The largest absolute Gasteiger partial charge is 0.311 e. The molecular weight excluding hydrogens is 320 g/mol. The molecule has 0 radical (unpaired) electrons. The Balaban J connectivity index is 1.97. The van der Waals surface area contributed by atoms with Crippen LogP contribution in [0.15, 0.2) is 15.9 Å². The molecule has 1 N–H and O–H groups in total. The number of thiophene rings is 1. The van der Waals surface area contributed by atoms with E-state index < -0.39 is 0 Å². The fraction of sp³-hybridized carbons (Fsp3) is 0.733. The lowest BCUT2D eigenvalue weighted by Crippen LogP contribution is -2.56. The van der Waals surface area contributed by atoms with Gasteiger partial charge < -0.3 is 5.32 Å². The van der Waals surface area contributed by atoms with E-state index in [1.165, 1.54) is 28.7 Å². The van der Waals surface area contributed by atoms with Crippen LogP contribution in [0.25, 0.3) is 0 Å². The van der Waals surface area contributed by atoms with Crippen LogP contribution >= 0.6 is 27.3 Å². The lowest BCUT2D eigenvalue weighted by molar-refractivity contribution is 0.112. The number of rotatable bonds is 5. The van der Waals surface area contributed by atoms with Crippen LogP contribution in [-0.4, -0.2) is 30.1 Å². The predicted molar refractivity (Wildman–Crippen MR) is 87.8 cm³/mol. The van der Waals surface area contributed by atoms with Gasteiger partial charge in [-0.2, -0.15) is 0 Å². The van der Waals surface area contributed by atoms with Crippen LogP contribution in [0.4, 0.5) is 0 Å². The van der Waals surface area contributed by atoms with Gasteiger partial charge in [0.25, 0.3) is 0 Å². The minimum atomic E-state index is 0.659. The molecule has 2 rings (SSSR count). The molecule has 2 nitrogen and oxygen atoms in total. The smallest absolute Gasteiger partial charge is 0.0332 e. The lowest BCUT2D eigenvalue weighted by atomic mass is 9.99. The molecule has 2 unspecified atom stereocenters. The normalized spacial score (nSPS) is 25.1. The van der Waals surface area contributed by atoms with Gasteiger partial charge in [0, 0.05) is 46.4 Å². The molecule has 1 saturated heterocycles. The quantitative estimate of drug-likeness (QED) is 0.864. The van der Waals surface area contributed by atoms with Crippen molar-refractivity contribution in [1.82, 2.24) is 10.2 Å². The maximum atomic E-state index is 3.72. The van der Waals surface area contributed by atoms with Crippen molar-refractivity contribution in [3.8, 4) is 0 Å². The number of halogens is 1. The van der Waals surface area contributed by atoms with Crippen molar-refractivity contribution in [2.24, 2.45) is 5.92 Å². The monoisotopic (exact) mass is 344 g/mol. The fourth-order valence-corrected chi connectivity index (χ4v) is 4.36. The molecule has 0 aliphatic carbocycles. The third-order valence-corrected chi connectivity index (χ3v) is 5.50. The van der Waals surface area contributed by atoms with E-state index >= 15 is 0 Å². The van der Waals surface area contributed by atoms with Gasteiger partial charge in [-0.05, 0) is 40.8 Å². The minimum absolute atomic E-state index is 0.659. The Morgan fingerprint density at radius 1 is 1.53 bits per heavy atom. The summed E-state index contributed by atoms with van der Waals surface area (Å²) in [5, 5.41) is 5.91. The van der Waals surface area contributed by atoms with E-state index in [-0.39, 0.29) is 0 Å². The van der Waals surface area contributed by atoms with Gasteiger partial charge >= 0.3 is 0 Å². The van der Waals surface area contributed by atoms with Crippen molar-refractivity contribution in [2.45, 2.75) is 52.2 Å². The van der Waals surface area contributed by atoms with Crippen molar-refractivity contribution in [3.05, 3.63) is 20.8 Å². The minimum Gasteiger partial charge on any atom is -0.311 e. The molecule has 1 aliphatic heterocycles. The zero-order chi connectivity index (χ0) is 13.8. The van der Waals surface area contributed by atoms with E-state index in [1.807, 2.05) is 11.3 Å². The van der Waals surface area contributed by atoms with E-state index in [0.717, 1.165) is 19.0 Å². The molecule has 2 atom stereocenters. The van der Waals surface area contributed by atoms with Gasteiger partial charge in [-0.15, -0.1) is 11.3 Å². The second-order valence-corrected chi connectivity index (χ2v) is 7.87. The first-order chi connectivity index (χ1) is 9.08. The molecule has 1 aliphatic rings. The Labute approximate surface area is 129 Å². The molecule has 0 aromatic carbocycles. The molecule has 1 aromatic rings. The molecule has 4 heteroatoms. The maximum absolute atomic E-state index is 3.72. The molecule has 2 heterocycles. The Hall–Kier alpha value is 0.1000. The highest BCUT2D eigenvalue weighted by Gasteiger charge is 2.27. The molecule has 108 valence electrons. The van der Waals surface area contributed by atoms with Crippen LogP contribution in [0.1, 0.15) is 38.5 Å². The van der Waals surface area contributed by atoms with E-state index in [1.54, 1.807) is 0 Å². The topological polar surface area (TPSA) is 15.3 Å². The molecule has 0 saturated carbocycles. The second kappa shape index (κ2) is 7.21. The van der Waals surface area contributed by atoms with Crippen molar-refractivity contribution >= 4 is 27.3 Å². The van der Waals surface area contributed by atoms with E-state index in [2.05, 4.69) is 58.4 Å². The van der Waals surface area contributed by atoms with E-state index in [4.69, 9.17) is 0 Å². The molecular formula is C15H25BrN2S. The lowest BCUT2D eigenvalue weighted by Gasteiger charge is -2.40. The number of nitrogens with zero attached hydrogens (tertiary/aromatic N) is 1. The van der Waals surface area contributed by atoms with Crippen LogP contribution in [0, 0.1) is 5.92 Å². The number of piperazine rings is 1. The number of hydrogen-bond donors (Lipinski definition) is 1. The van der Waals surface area contributed by atoms with Crippen molar-refractivity contribution in [1.29, 1.82) is 0 Å². The van der Waals surface area contributed by atoms with Crippen molar-refractivity contribution < 1.29 is 0 Å². The first-order valence-electron chi connectivity index (χ1n) is 7.28. The van der Waals surface area contributed by atoms with Crippen LogP contribution in [-0.2, 0) is 6.54 Å². The third-order valence-electron chi connectivity index (χ3n) is 3.82. The van der Waals surface area contributed by atoms with Gasteiger partial charge in [0.15, 0.2) is 0 Å². The van der Waals surface area contributed by atoms with Gasteiger partial charge in [-0.3, -0.25) is 4.90 Å². The van der Waals surface area contributed by atoms with Gasteiger partial charge in [0.1, 0.15) is 0 Å². The Kier molecular flexibility index (Phi) is 5.87. The third kappa shape index (κ3) is 4.55. The molecule has 1 fully saturated rings. The summed E-state index contributed by atoms with van der Waals surface area (Å²) in [4.78, 5) is 4.14. The van der Waals surface area contributed by atoms with Gasteiger partial charge in [0.05, 0.1) is 0 Å². The Morgan fingerprint density at radius 2 is 2.32 bits per heavy atom. The highest BCUT2D eigenvalue weighted by atomic mass is 79.9. The van der Waals surface area contributed by atoms with Gasteiger partial charge in [-0.25, -0.2) is 0 Å². The number of nitrogens with one attached hydrogen (secondary N) is 1. The number of hydrogen-bond acceptors (Lipinski definition) is 3. The first kappa shape index (κ1) is 15.5. The Morgan fingerprint density at radius 3 is 2.89 bits per heavy atom. The SMILES string of the molecule is CCC1CNC(CC(C)C)CN1Cc1cc(Br)cs1. The zero-order valence-corrected chi connectivity index (χ0v) is 14.6. The van der Waals surface area contributed by atoms with Gasteiger partial charge in [0.2, 0.25) is 0 Å². The summed E-state index contributed by atoms with van der Waals surface area (Å²) in [6, 6.07) is 3.60. The summed E-state index contributed by atoms with van der Waals surface area (Å²) in [5.74, 6) is 0.772. The summed E-state index contributed by atoms with van der Waals surface area (Å²) < 4.78 is 1.22. The molecule has 0 bridgehead atoms. The Bertz CT molecular complexity index is 391. The average Bonchev–Trinajstić information content (AvgIpc) is 2.74. The van der Waals surface area contributed by atoms with Crippen LogP contribution in [0.2, 0.25) is 0 Å². The highest BCUT2D eigenvalue weighted by molar-refractivity contribution is 9.10. The molecule has 0 spiro atoms.